The lowest BCUT2D eigenvalue weighted by atomic mass is 9.92. The van der Waals surface area contributed by atoms with E-state index in [1.54, 1.807) is 12.1 Å². The van der Waals surface area contributed by atoms with Gasteiger partial charge in [-0.25, -0.2) is 13.8 Å². The van der Waals surface area contributed by atoms with Crippen LogP contribution in [-0.4, -0.2) is 21.8 Å². The summed E-state index contributed by atoms with van der Waals surface area (Å²) >= 11 is 7.35. The maximum Gasteiger partial charge on any atom is 0.257 e. The van der Waals surface area contributed by atoms with Gasteiger partial charge < -0.3 is 15.6 Å². The molecule has 3 aromatic rings. The number of carbonyl (C=O) groups is 2. The highest BCUT2D eigenvalue weighted by molar-refractivity contribution is 7.98. The number of amides is 2. The van der Waals surface area contributed by atoms with Crippen molar-refractivity contribution in [2.75, 3.05) is 10.6 Å². The van der Waals surface area contributed by atoms with Crippen LogP contribution >= 0.6 is 23.4 Å². The number of nitrogens with one attached hydrogen (secondary N) is 3. The Morgan fingerprint density at radius 2 is 1.91 bits per heavy atom. The molecule has 1 aliphatic rings. The monoisotopic (exact) mass is 476 g/mol. The van der Waals surface area contributed by atoms with Crippen molar-refractivity contribution in [3.63, 3.8) is 0 Å². The third-order valence-electron chi connectivity index (χ3n) is 4.70. The summed E-state index contributed by atoms with van der Waals surface area (Å²) in [5.74, 6) is -3.80. The van der Waals surface area contributed by atoms with Gasteiger partial charge in [-0.05, 0) is 23.8 Å². The van der Waals surface area contributed by atoms with Crippen LogP contribution in [0, 0.1) is 11.6 Å². The first-order chi connectivity index (χ1) is 15.3. The van der Waals surface area contributed by atoms with E-state index >= 15 is 0 Å². The second-order valence-electron chi connectivity index (χ2n) is 6.97. The van der Waals surface area contributed by atoms with Crippen LogP contribution in [0.1, 0.15) is 23.5 Å². The Balaban J connectivity index is 1.59. The summed E-state index contributed by atoms with van der Waals surface area (Å²) in [7, 11) is 0. The fourth-order valence-corrected chi connectivity index (χ4v) is 4.41. The van der Waals surface area contributed by atoms with Crippen molar-refractivity contribution < 1.29 is 18.4 Å². The molecule has 164 valence electrons. The van der Waals surface area contributed by atoms with Crippen molar-refractivity contribution in [2.45, 2.75) is 23.2 Å². The average Bonchev–Trinajstić information content (AvgIpc) is 2.71. The van der Waals surface area contributed by atoms with Gasteiger partial charge in [-0.1, -0.05) is 41.6 Å². The van der Waals surface area contributed by atoms with Crippen molar-refractivity contribution >= 4 is 46.7 Å². The van der Waals surface area contributed by atoms with Gasteiger partial charge in [0.15, 0.2) is 5.16 Å². The Morgan fingerprint density at radius 1 is 1.19 bits per heavy atom. The lowest BCUT2D eigenvalue weighted by Gasteiger charge is -2.23. The van der Waals surface area contributed by atoms with Crippen LogP contribution < -0.4 is 16.2 Å². The van der Waals surface area contributed by atoms with Crippen LogP contribution in [0.15, 0.2) is 52.4 Å². The molecule has 1 aromatic heterocycles. The minimum Gasteiger partial charge on any atom is -0.325 e. The number of nitrogens with zero attached hydrogens (tertiary/aromatic N) is 1. The van der Waals surface area contributed by atoms with E-state index in [0.29, 0.717) is 16.8 Å². The Labute approximate surface area is 189 Å². The summed E-state index contributed by atoms with van der Waals surface area (Å²) in [6, 6.07) is 9.74. The van der Waals surface area contributed by atoms with Gasteiger partial charge >= 0.3 is 0 Å². The number of aromatic amines is 1. The molecule has 4 rings (SSSR count). The first-order valence-electron chi connectivity index (χ1n) is 9.37. The standard InChI is InChI=1S/C21H15ClF2N4O3S/c22-15-4-2-1-3-10(15)9-32-21-27-18-17(20(31)28-21)14(8-16(29)26-18)19(30)25-13-6-11(23)5-12(24)7-13/h1-7,14H,8-9H2,(H,25,30)(H2,26,27,28,29,31). The molecule has 2 aromatic carbocycles. The number of rotatable bonds is 5. The van der Waals surface area contributed by atoms with Gasteiger partial charge in [0.1, 0.15) is 17.5 Å². The number of benzene rings is 2. The molecule has 11 heteroatoms. The number of anilines is 2. The molecule has 0 aliphatic carbocycles. The van der Waals surface area contributed by atoms with Gasteiger partial charge in [-0.3, -0.25) is 14.4 Å². The quantitative estimate of drug-likeness (QED) is 0.380. The van der Waals surface area contributed by atoms with Crippen LogP contribution in [0.2, 0.25) is 5.02 Å². The minimum atomic E-state index is -1.18. The van der Waals surface area contributed by atoms with Crippen molar-refractivity contribution in [2.24, 2.45) is 0 Å². The Morgan fingerprint density at radius 3 is 2.62 bits per heavy atom. The molecular formula is C21H15ClF2N4O3S. The minimum absolute atomic E-state index is 0.0268. The number of hydrogen-bond donors (Lipinski definition) is 3. The first-order valence-corrected chi connectivity index (χ1v) is 10.7. The number of aromatic nitrogens is 2. The van der Waals surface area contributed by atoms with Gasteiger partial charge in [0.25, 0.3) is 5.56 Å². The maximum atomic E-state index is 13.4. The number of H-pyrrole nitrogens is 1. The van der Waals surface area contributed by atoms with E-state index in [9.17, 15) is 23.2 Å². The van der Waals surface area contributed by atoms with Crippen LogP contribution in [0.5, 0.6) is 0 Å². The molecule has 0 saturated carbocycles. The summed E-state index contributed by atoms with van der Waals surface area (Å²) in [5, 5.41) is 5.67. The normalized spacial score (nSPS) is 15.1. The molecule has 0 saturated heterocycles. The zero-order chi connectivity index (χ0) is 22.8. The van der Waals surface area contributed by atoms with Crippen molar-refractivity contribution in [3.8, 4) is 0 Å². The topological polar surface area (TPSA) is 104 Å². The lowest BCUT2D eigenvalue weighted by Crippen LogP contribution is -2.36. The number of halogens is 3. The van der Waals surface area contributed by atoms with Gasteiger partial charge in [-0.15, -0.1) is 0 Å². The van der Waals surface area contributed by atoms with E-state index in [1.807, 2.05) is 12.1 Å². The molecule has 2 heterocycles. The molecule has 0 spiro atoms. The highest BCUT2D eigenvalue weighted by Crippen LogP contribution is 2.31. The van der Waals surface area contributed by atoms with E-state index in [0.717, 1.165) is 17.7 Å². The largest absolute Gasteiger partial charge is 0.325 e. The summed E-state index contributed by atoms with van der Waals surface area (Å²) in [5.41, 5.74) is 0.0859. The zero-order valence-corrected chi connectivity index (χ0v) is 17.8. The van der Waals surface area contributed by atoms with Gasteiger partial charge in [0.05, 0.1) is 11.5 Å². The van der Waals surface area contributed by atoms with Crippen LogP contribution in [0.4, 0.5) is 20.3 Å². The molecule has 32 heavy (non-hydrogen) atoms. The summed E-state index contributed by atoms with van der Waals surface area (Å²) in [6.45, 7) is 0. The summed E-state index contributed by atoms with van der Waals surface area (Å²) in [4.78, 5) is 44.5. The summed E-state index contributed by atoms with van der Waals surface area (Å²) in [6.07, 6.45) is -0.312. The molecule has 0 radical (unpaired) electrons. The van der Waals surface area contributed by atoms with Crippen molar-refractivity contribution in [1.82, 2.24) is 9.97 Å². The zero-order valence-electron chi connectivity index (χ0n) is 16.2. The van der Waals surface area contributed by atoms with Gasteiger partial charge in [0.2, 0.25) is 11.8 Å². The summed E-state index contributed by atoms with van der Waals surface area (Å²) < 4.78 is 26.8. The van der Waals surface area contributed by atoms with Crippen molar-refractivity contribution in [1.29, 1.82) is 0 Å². The van der Waals surface area contributed by atoms with E-state index in [1.165, 1.54) is 11.8 Å². The molecule has 1 aliphatic heterocycles. The fraction of sp³-hybridized carbons (Fsp3) is 0.143. The second kappa shape index (κ2) is 9.09. The SMILES string of the molecule is O=C1CC(C(=O)Nc2cc(F)cc(F)c2)c2c(nc(SCc3ccccc3Cl)[nH]c2=O)N1. The van der Waals surface area contributed by atoms with E-state index in [-0.39, 0.29) is 28.6 Å². The average molecular weight is 477 g/mol. The predicted molar refractivity (Wildman–Crippen MR) is 117 cm³/mol. The lowest BCUT2D eigenvalue weighted by molar-refractivity contribution is -0.123. The van der Waals surface area contributed by atoms with E-state index in [2.05, 4.69) is 20.6 Å². The van der Waals surface area contributed by atoms with E-state index in [4.69, 9.17) is 11.6 Å². The maximum absolute atomic E-state index is 13.4. The Kier molecular flexibility index (Phi) is 6.24. The van der Waals surface area contributed by atoms with Gasteiger partial charge in [-0.2, -0.15) is 0 Å². The third kappa shape index (κ3) is 4.81. The first kappa shape index (κ1) is 22.0. The Bertz CT molecular complexity index is 1260. The number of hydrogen-bond acceptors (Lipinski definition) is 5. The van der Waals surface area contributed by atoms with Crippen LogP contribution in [0.25, 0.3) is 0 Å². The smallest absolute Gasteiger partial charge is 0.257 e. The second-order valence-corrected chi connectivity index (χ2v) is 8.34. The molecule has 0 bridgehead atoms. The fourth-order valence-electron chi connectivity index (χ4n) is 3.26. The highest BCUT2D eigenvalue weighted by atomic mass is 35.5. The van der Waals surface area contributed by atoms with Crippen LogP contribution in [-0.2, 0) is 15.3 Å². The highest BCUT2D eigenvalue weighted by Gasteiger charge is 2.35. The predicted octanol–water partition coefficient (Wildman–Crippen LogP) is 4.06. The molecular weight excluding hydrogens is 462 g/mol. The molecule has 7 nitrogen and oxygen atoms in total. The van der Waals surface area contributed by atoms with E-state index < -0.39 is 34.9 Å². The Hall–Kier alpha value is -3.24. The number of fused-ring (bicyclic) bond motifs is 1. The number of carbonyl (C=O) groups excluding carboxylic acids is 2. The molecule has 1 unspecified atom stereocenters. The van der Waals surface area contributed by atoms with Crippen molar-refractivity contribution in [3.05, 3.63) is 80.6 Å². The van der Waals surface area contributed by atoms with Gasteiger partial charge in [0, 0.05) is 29.0 Å². The molecule has 0 fully saturated rings. The molecule has 1 atom stereocenters. The molecule has 3 N–H and O–H groups in total. The van der Waals surface area contributed by atoms with Crippen LogP contribution in [0.3, 0.4) is 0 Å². The molecule has 2 amide bonds. The number of thioether (sulfide) groups is 1. The third-order valence-corrected chi connectivity index (χ3v) is 5.99.